The molecule has 3 rings (SSSR count). The second-order valence-electron chi connectivity index (χ2n) is 6.77. The van der Waals surface area contributed by atoms with Crippen LogP contribution in [0.5, 0.6) is 0 Å². The van der Waals surface area contributed by atoms with Crippen LogP contribution in [0.2, 0.25) is 0 Å². The minimum Gasteiger partial charge on any atom is -0.325 e. The molecule has 5 nitrogen and oxygen atoms in total. The van der Waals surface area contributed by atoms with Gasteiger partial charge in [-0.25, -0.2) is 4.98 Å². The monoisotopic (exact) mass is 393 g/mol. The highest BCUT2D eigenvalue weighted by Crippen LogP contribution is 2.27. The third kappa shape index (κ3) is 4.70. The van der Waals surface area contributed by atoms with Crippen LogP contribution in [0.4, 0.5) is 5.69 Å². The van der Waals surface area contributed by atoms with Gasteiger partial charge < -0.3 is 5.32 Å². The number of benzene rings is 2. The third-order valence-corrected chi connectivity index (χ3v) is 5.28. The summed E-state index contributed by atoms with van der Waals surface area (Å²) in [6, 6.07) is 15.2. The number of carbonyl (C=O) groups excluding carboxylic acids is 2. The van der Waals surface area contributed by atoms with Crippen LogP contribution >= 0.6 is 11.8 Å². The number of carbonyl (C=O) groups is 2. The highest BCUT2D eigenvalue weighted by atomic mass is 32.2. The summed E-state index contributed by atoms with van der Waals surface area (Å²) in [5.74, 6) is 0.438. The topological polar surface area (TPSA) is 64.0 Å². The number of anilines is 1. The van der Waals surface area contributed by atoms with Crippen LogP contribution in [-0.4, -0.2) is 27.0 Å². The molecule has 6 heteroatoms. The summed E-state index contributed by atoms with van der Waals surface area (Å²) in [5, 5.41) is 3.60. The fourth-order valence-corrected chi connectivity index (χ4v) is 3.68. The van der Waals surface area contributed by atoms with E-state index in [4.69, 9.17) is 0 Å². The first-order chi connectivity index (χ1) is 13.5. The van der Waals surface area contributed by atoms with Gasteiger partial charge in [-0.3, -0.25) is 14.2 Å². The van der Waals surface area contributed by atoms with Crippen molar-refractivity contribution in [1.29, 1.82) is 0 Å². The van der Waals surface area contributed by atoms with Gasteiger partial charge in [0.05, 0.1) is 11.4 Å². The maximum absolute atomic E-state index is 12.4. The quantitative estimate of drug-likeness (QED) is 0.457. The van der Waals surface area contributed by atoms with Gasteiger partial charge in [0.2, 0.25) is 5.91 Å². The minimum absolute atomic E-state index is 0.0312. The lowest BCUT2D eigenvalue weighted by atomic mass is 10.0. The number of aromatic nitrogens is 2. The Hall–Kier alpha value is -2.86. The van der Waals surface area contributed by atoms with Crippen molar-refractivity contribution >= 4 is 29.1 Å². The number of hydrogen-bond donors (Lipinski definition) is 1. The molecule has 0 unspecified atom stereocenters. The van der Waals surface area contributed by atoms with E-state index in [9.17, 15) is 9.59 Å². The van der Waals surface area contributed by atoms with Crippen molar-refractivity contribution in [3.05, 3.63) is 72.1 Å². The first-order valence-electron chi connectivity index (χ1n) is 9.12. The third-order valence-electron chi connectivity index (χ3n) is 4.31. The second-order valence-corrected chi connectivity index (χ2v) is 7.71. The molecule has 1 heterocycles. The van der Waals surface area contributed by atoms with E-state index in [0.29, 0.717) is 17.2 Å². The standard InChI is InChI=1S/C22H23N3O2S/c1-15(2)19-9-4-5-10-20(19)25-12-11-23-22(25)28-14-21(27)24-18-8-6-7-17(13-18)16(3)26/h4-13,15H,14H2,1-3H3,(H,24,27). The van der Waals surface area contributed by atoms with E-state index < -0.39 is 0 Å². The number of rotatable bonds is 7. The average molecular weight is 394 g/mol. The van der Waals surface area contributed by atoms with Crippen LogP contribution in [-0.2, 0) is 4.79 Å². The van der Waals surface area contributed by atoms with Crippen molar-refractivity contribution in [2.75, 3.05) is 11.1 Å². The molecule has 144 valence electrons. The number of para-hydroxylation sites is 1. The van der Waals surface area contributed by atoms with Gasteiger partial charge in [0.25, 0.3) is 0 Å². The van der Waals surface area contributed by atoms with Gasteiger partial charge >= 0.3 is 0 Å². The van der Waals surface area contributed by atoms with Gasteiger partial charge in [0.15, 0.2) is 10.9 Å². The van der Waals surface area contributed by atoms with Crippen molar-refractivity contribution in [1.82, 2.24) is 9.55 Å². The molecule has 0 aliphatic rings. The Bertz CT molecular complexity index is 995. The fraction of sp³-hybridized carbons (Fsp3) is 0.227. The molecule has 0 aliphatic heterocycles. The van der Waals surface area contributed by atoms with Crippen LogP contribution in [0, 0.1) is 0 Å². The molecular weight excluding hydrogens is 370 g/mol. The molecule has 0 fully saturated rings. The molecule has 0 radical (unpaired) electrons. The maximum Gasteiger partial charge on any atom is 0.234 e. The van der Waals surface area contributed by atoms with Crippen molar-refractivity contribution in [3.63, 3.8) is 0 Å². The lowest BCUT2D eigenvalue weighted by molar-refractivity contribution is -0.113. The molecule has 3 aromatic rings. The Labute approximate surface area is 169 Å². The van der Waals surface area contributed by atoms with E-state index in [1.807, 2.05) is 22.9 Å². The van der Waals surface area contributed by atoms with Crippen LogP contribution in [0.15, 0.2) is 66.1 Å². The SMILES string of the molecule is CC(=O)c1cccc(NC(=O)CSc2nccn2-c2ccccc2C(C)C)c1. The Balaban J connectivity index is 1.70. The summed E-state index contributed by atoms with van der Waals surface area (Å²) in [7, 11) is 0. The van der Waals surface area contributed by atoms with Gasteiger partial charge in [-0.05, 0) is 36.6 Å². The largest absolute Gasteiger partial charge is 0.325 e. The zero-order chi connectivity index (χ0) is 20.1. The van der Waals surface area contributed by atoms with E-state index in [2.05, 4.69) is 36.3 Å². The zero-order valence-electron chi connectivity index (χ0n) is 16.2. The molecule has 1 aromatic heterocycles. The molecule has 0 saturated heterocycles. The smallest absolute Gasteiger partial charge is 0.234 e. The molecule has 2 aromatic carbocycles. The molecule has 0 saturated carbocycles. The lowest BCUT2D eigenvalue weighted by Crippen LogP contribution is -2.15. The molecule has 1 N–H and O–H groups in total. The number of amides is 1. The summed E-state index contributed by atoms with van der Waals surface area (Å²) in [5.41, 5.74) is 3.50. The highest BCUT2D eigenvalue weighted by Gasteiger charge is 2.13. The van der Waals surface area contributed by atoms with Crippen LogP contribution in [0.1, 0.15) is 42.6 Å². The molecule has 28 heavy (non-hydrogen) atoms. The molecule has 0 spiro atoms. The summed E-state index contributed by atoms with van der Waals surface area (Å²) < 4.78 is 2.02. The van der Waals surface area contributed by atoms with E-state index in [1.165, 1.54) is 24.2 Å². The Morgan fingerprint density at radius 2 is 1.93 bits per heavy atom. The number of nitrogens with zero attached hydrogens (tertiary/aromatic N) is 2. The molecule has 0 atom stereocenters. The Morgan fingerprint density at radius 3 is 2.68 bits per heavy atom. The molecule has 0 bridgehead atoms. The van der Waals surface area contributed by atoms with Gasteiger partial charge in [0, 0.05) is 23.6 Å². The van der Waals surface area contributed by atoms with Crippen molar-refractivity contribution in [2.45, 2.75) is 31.8 Å². The van der Waals surface area contributed by atoms with Gasteiger partial charge in [-0.2, -0.15) is 0 Å². The first-order valence-corrected chi connectivity index (χ1v) is 10.1. The van der Waals surface area contributed by atoms with Crippen LogP contribution in [0.3, 0.4) is 0 Å². The van der Waals surface area contributed by atoms with Crippen molar-refractivity contribution in [2.24, 2.45) is 0 Å². The summed E-state index contributed by atoms with van der Waals surface area (Å²) in [6.07, 6.45) is 3.66. The number of ketones is 1. The zero-order valence-corrected chi connectivity index (χ0v) is 17.0. The Morgan fingerprint density at radius 1 is 1.14 bits per heavy atom. The number of hydrogen-bond acceptors (Lipinski definition) is 4. The summed E-state index contributed by atoms with van der Waals surface area (Å²) >= 11 is 1.38. The molecule has 0 aliphatic carbocycles. The summed E-state index contributed by atoms with van der Waals surface area (Å²) in [6.45, 7) is 5.82. The lowest BCUT2D eigenvalue weighted by Gasteiger charge is -2.15. The predicted molar refractivity (Wildman–Crippen MR) is 113 cm³/mol. The van der Waals surface area contributed by atoms with Crippen molar-refractivity contribution in [3.8, 4) is 5.69 Å². The number of imidazole rings is 1. The number of nitrogens with one attached hydrogen (secondary N) is 1. The molecule has 1 amide bonds. The molecular formula is C22H23N3O2S. The predicted octanol–water partition coefficient (Wildman–Crippen LogP) is 4.93. The van der Waals surface area contributed by atoms with Gasteiger partial charge in [0.1, 0.15) is 0 Å². The summed E-state index contributed by atoms with van der Waals surface area (Å²) in [4.78, 5) is 28.3. The van der Waals surface area contributed by atoms with Crippen LogP contribution < -0.4 is 5.32 Å². The van der Waals surface area contributed by atoms with E-state index in [0.717, 1.165) is 10.8 Å². The number of thioether (sulfide) groups is 1. The average Bonchev–Trinajstić information content (AvgIpc) is 3.15. The fourth-order valence-electron chi connectivity index (χ4n) is 2.92. The van der Waals surface area contributed by atoms with Gasteiger partial charge in [-0.15, -0.1) is 0 Å². The first kappa shape index (κ1) is 19.9. The van der Waals surface area contributed by atoms with E-state index in [1.54, 1.807) is 30.5 Å². The number of Topliss-reactive ketones (excluding diaryl/α,β-unsaturated/α-hetero) is 1. The second kappa shape index (κ2) is 8.89. The van der Waals surface area contributed by atoms with Crippen LogP contribution in [0.25, 0.3) is 5.69 Å². The normalized spacial score (nSPS) is 10.9. The minimum atomic E-state index is -0.141. The Kier molecular flexibility index (Phi) is 6.31. The highest BCUT2D eigenvalue weighted by molar-refractivity contribution is 7.99. The maximum atomic E-state index is 12.4. The van der Waals surface area contributed by atoms with Gasteiger partial charge in [-0.1, -0.05) is 55.9 Å². The van der Waals surface area contributed by atoms with E-state index in [-0.39, 0.29) is 17.4 Å². The van der Waals surface area contributed by atoms with Crippen molar-refractivity contribution < 1.29 is 9.59 Å². The van der Waals surface area contributed by atoms with E-state index >= 15 is 0 Å².